The molecular formula is C29H30N6O4. The summed E-state index contributed by atoms with van der Waals surface area (Å²) in [5.41, 5.74) is 10.9. The molecule has 0 saturated carbocycles. The summed E-state index contributed by atoms with van der Waals surface area (Å²) in [4.78, 5) is 42.3. The van der Waals surface area contributed by atoms with E-state index in [0.29, 0.717) is 40.4 Å². The molecule has 3 heterocycles. The van der Waals surface area contributed by atoms with E-state index in [0.717, 1.165) is 22.5 Å². The first-order valence-corrected chi connectivity index (χ1v) is 12.6. The molecule has 0 fully saturated rings. The van der Waals surface area contributed by atoms with Crippen LogP contribution in [0.1, 0.15) is 57.3 Å². The zero-order chi connectivity index (χ0) is 28.0. The molecule has 3 N–H and O–H groups in total. The molecule has 10 nitrogen and oxygen atoms in total. The van der Waals surface area contributed by atoms with E-state index >= 15 is 0 Å². The Morgan fingerprint density at radius 2 is 1.79 bits per heavy atom. The fourth-order valence-corrected chi connectivity index (χ4v) is 5.26. The molecule has 0 radical (unpaired) electrons. The first-order valence-electron chi connectivity index (χ1n) is 12.6. The monoisotopic (exact) mass is 526 g/mol. The number of aryl methyl sites for hydroxylation is 3. The van der Waals surface area contributed by atoms with Gasteiger partial charge in [-0.25, -0.2) is 4.98 Å². The van der Waals surface area contributed by atoms with Crippen LogP contribution in [0.3, 0.4) is 0 Å². The third-order valence-corrected chi connectivity index (χ3v) is 7.02. The van der Waals surface area contributed by atoms with Crippen molar-refractivity contribution in [3.05, 3.63) is 93.2 Å². The van der Waals surface area contributed by atoms with Gasteiger partial charge < -0.3 is 15.6 Å². The molecule has 200 valence electrons. The van der Waals surface area contributed by atoms with Crippen molar-refractivity contribution in [3.8, 4) is 11.1 Å². The molecule has 0 aliphatic carbocycles. The topological polar surface area (TPSA) is 127 Å². The third-order valence-electron chi connectivity index (χ3n) is 7.02. The maximum absolute atomic E-state index is 13.5. The number of nitrogens with two attached hydrogens (primary N) is 1. The average Bonchev–Trinajstić information content (AvgIpc) is 3.34. The zero-order valence-corrected chi connectivity index (χ0v) is 22.5. The van der Waals surface area contributed by atoms with Crippen molar-refractivity contribution in [2.75, 3.05) is 22.4 Å². The number of anilines is 3. The predicted octanol–water partition coefficient (Wildman–Crippen LogP) is 4.33. The highest BCUT2D eigenvalue weighted by molar-refractivity contribution is 6.06. The molecular weight excluding hydrogens is 496 g/mol. The van der Waals surface area contributed by atoms with E-state index in [9.17, 15) is 14.4 Å². The second-order valence-electron chi connectivity index (χ2n) is 9.61. The number of nitrogens with zero attached hydrogens (tertiary/aromatic N) is 4. The summed E-state index contributed by atoms with van der Waals surface area (Å²) in [5.74, 6) is -0.379. The van der Waals surface area contributed by atoms with Gasteiger partial charge in [-0.05, 0) is 62.2 Å². The molecule has 10 heteroatoms. The number of carbonyl (C=O) groups excluding carboxylic acids is 2. The first-order chi connectivity index (χ1) is 18.6. The highest BCUT2D eigenvalue weighted by atomic mass is 16.5. The summed E-state index contributed by atoms with van der Waals surface area (Å²) >= 11 is 0. The number of pyridine rings is 1. The lowest BCUT2D eigenvalue weighted by Crippen LogP contribution is -2.37. The number of hydrogen-bond donors (Lipinski definition) is 2. The number of nitrogens with one attached hydrogen (secondary N) is 1. The van der Waals surface area contributed by atoms with E-state index in [2.05, 4.69) is 22.2 Å². The number of carbonyl (C=O) groups is 2. The minimum absolute atomic E-state index is 0.162. The highest BCUT2D eigenvalue weighted by Crippen LogP contribution is 2.45. The Balaban J connectivity index is 1.51. The Hall–Kier alpha value is -4.86. The van der Waals surface area contributed by atoms with E-state index < -0.39 is 5.91 Å². The van der Waals surface area contributed by atoms with Crippen LogP contribution in [0.4, 0.5) is 17.1 Å². The smallest absolute Gasteiger partial charge is 0.290 e. The number of rotatable bonds is 6. The molecule has 0 unspecified atom stereocenters. The lowest BCUT2D eigenvalue weighted by atomic mass is 10.00. The standard InChI is InChI=1S/C29H30N6O4/c1-6-22-25-23(14-16(2)31-26(25)28(37)32-20-9-7-8-19(15-20)27(30)36)33(4)35(22)21-12-10-18(11-13-21)24-17(3)39-34(5)29(24)38/h7-15,22H,6H2,1-5H3,(H2,30,36)(H,32,37)/t22-/m1/s1. The lowest BCUT2D eigenvalue weighted by molar-refractivity contribution is 0.0995. The van der Waals surface area contributed by atoms with Crippen LogP contribution in [0, 0.1) is 13.8 Å². The van der Waals surface area contributed by atoms with Gasteiger partial charge in [0.2, 0.25) is 5.91 Å². The van der Waals surface area contributed by atoms with Crippen molar-refractivity contribution in [2.24, 2.45) is 12.8 Å². The molecule has 2 aromatic heterocycles. The van der Waals surface area contributed by atoms with Crippen molar-refractivity contribution in [3.63, 3.8) is 0 Å². The van der Waals surface area contributed by atoms with Crippen LogP contribution in [-0.2, 0) is 7.05 Å². The Morgan fingerprint density at radius 1 is 1.08 bits per heavy atom. The van der Waals surface area contributed by atoms with Crippen LogP contribution in [0.25, 0.3) is 11.1 Å². The Morgan fingerprint density at radius 3 is 2.41 bits per heavy atom. The number of hydrazine groups is 1. The van der Waals surface area contributed by atoms with Crippen molar-refractivity contribution < 1.29 is 14.1 Å². The van der Waals surface area contributed by atoms with Crippen LogP contribution < -0.4 is 26.6 Å². The SMILES string of the molecule is CC[C@@H]1c2c(cc(C)nc2C(=O)Nc2cccc(C(N)=O)c2)N(C)N1c1ccc(-c2c(C)on(C)c2=O)cc1. The predicted molar refractivity (Wildman–Crippen MR) is 150 cm³/mol. The van der Waals surface area contributed by atoms with Crippen molar-refractivity contribution in [1.82, 2.24) is 9.72 Å². The summed E-state index contributed by atoms with van der Waals surface area (Å²) in [6, 6.07) is 16.0. The molecule has 0 spiro atoms. The van der Waals surface area contributed by atoms with Gasteiger partial charge in [0.05, 0.1) is 23.0 Å². The van der Waals surface area contributed by atoms with Gasteiger partial charge >= 0.3 is 0 Å². The van der Waals surface area contributed by atoms with E-state index in [-0.39, 0.29) is 17.5 Å². The molecule has 1 aliphatic heterocycles. The van der Waals surface area contributed by atoms with Gasteiger partial charge in [0.1, 0.15) is 11.5 Å². The average molecular weight is 527 g/mol. The van der Waals surface area contributed by atoms with E-state index in [1.165, 1.54) is 4.74 Å². The van der Waals surface area contributed by atoms with Gasteiger partial charge in [0, 0.05) is 36.6 Å². The van der Waals surface area contributed by atoms with Crippen molar-refractivity contribution in [1.29, 1.82) is 0 Å². The molecule has 0 bridgehead atoms. The minimum atomic E-state index is -0.571. The highest BCUT2D eigenvalue weighted by Gasteiger charge is 2.38. The van der Waals surface area contributed by atoms with Crippen LogP contribution in [0.15, 0.2) is 63.9 Å². The maximum atomic E-state index is 13.5. The Labute approximate surface area is 225 Å². The molecule has 4 aromatic rings. The summed E-state index contributed by atoms with van der Waals surface area (Å²) in [6.07, 6.45) is 0.711. The van der Waals surface area contributed by atoms with Crippen LogP contribution in [0.2, 0.25) is 0 Å². The lowest BCUT2D eigenvalue weighted by Gasteiger charge is -2.33. The van der Waals surface area contributed by atoms with E-state index in [1.54, 1.807) is 38.2 Å². The molecule has 39 heavy (non-hydrogen) atoms. The van der Waals surface area contributed by atoms with Gasteiger partial charge in [-0.1, -0.05) is 25.1 Å². The van der Waals surface area contributed by atoms with Gasteiger partial charge in [0.25, 0.3) is 11.5 Å². The first kappa shape index (κ1) is 25.8. The number of amides is 2. The van der Waals surface area contributed by atoms with Gasteiger partial charge in [-0.2, -0.15) is 4.74 Å². The molecule has 1 aliphatic rings. The van der Waals surface area contributed by atoms with Crippen molar-refractivity contribution >= 4 is 28.9 Å². The van der Waals surface area contributed by atoms with Gasteiger partial charge in [-0.3, -0.25) is 24.4 Å². The zero-order valence-electron chi connectivity index (χ0n) is 22.5. The van der Waals surface area contributed by atoms with Crippen LogP contribution in [-0.4, -0.2) is 28.6 Å². The number of aromatic nitrogens is 2. The quantitative estimate of drug-likeness (QED) is 0.383. The third kappa shape index (κ3) is 4.43. The van der Waals surface area contributed by atoms with Crippen LogP contribution in [0.5, 0.6) is 0 Å². The summed E-state index contributed by atoms with van der Waals surface area (Å²) in [6.45, 7) is 5.69. The van der Waals surface area contributed by atoms with Crippen LogP contribution >= 0.6 is 0 Å². The second kappa shape index (κ2) is 9.79. The maximum Gasteiger partial charge on any atom is 0.290 e. The number of benzene rings is 2. The molecule has 1 atom stereocenters. The number of primary amides is 1. The number of hydrogen-bond acceptors (Lipinski definition) is 7. The summed E-state index contributed by atoms with van der Waals surface area (Å²) in [5, 5.41) is 7.03. The fraction of sp³-hybridized carbons (Fsp3) is 0.241. The Kier molecular flexibility index (Phi) is 6.47. The normalized spacial score (nSPS) is 14.4. The number of fused-ring (bicyclic) bond motifs is 1. The largest absolute Gasteiger partial charge is 0.381 e. The second-order valence-corrected chi connectivity index (χ2v) is 9.61. The Bertz CT molecular complexity index is 1650. The molecule has 5 rings (SSSR count). The summed E-state index contributed by atoms with van der Waals surface area (Å²) in [7, 11) is 3.55. The van der Waals surface area contributed by atoms with Gasteiger partial charge in [-0.15, -0.1) is 0 Å². The molecule has 2 amide bonds. The molecule has 2 aromatic carbocycles. The summed E-state index contributed by atoms with van der Waals surface area (Å²) < 4.78 is 6.67. The van der Waals surface area contributed by atoms with E-state index in [4.69, 9.17) is 10.3 Å². The molecule has 0 saturated heterocycles. The van der Waals surface area contributed by atoms with Gasteiger partial charge in [0.15, 0.2) is 0 Å². The van der Waals surface area contributed by atoms with E-state index in [1.807, 2.05) is 49.3 Å². The minimum Gasteiger partial charge on any atom is -0.381 e. The van der Waals surface area contributed by atoms with Crippen molar-refractivity contribution in [2.45, 2.75) is 33.2 Å². The fourth-order valence-electron chi connectivity index (χ4n) is 5.26.